The molecule has 3 rings (SSSR count). The molecule has 36 heavy (non-hydrogen) atoms. The molecule has 10 nitrogen and oxygen atoms in total. The highest BCUT2D eigenvalue weighted by Gasteiger charge is 2.14. The van der Waals surface area contributed by atoms with Crippen LogP contribution < -0.4 is 25.6 Å². The van der Waals surface area contributed by atoms with Crippen molar-refractivity contribution >= 4 is 50.8 Å². The number of aromatic nitrogens is 2. The van der Waals surface area contributed by atoms with Crippen LogP contribution >= 0.6 is 23.2 Å². The van der Waals surface area contributed by atoms with Gasteiger partial charge in [0.15, 0.2) is 16.8 Å². The van der Waals surface area contributed by atoms with Gasteiger partial charge in [0, 0.05) is 17.8 Å². The molecule has 1 heterocycles. The first kappa shape index (κ1) is 27.3. The van der Waals surface area contributed by atoms with E-state index in [-0.39, 0.29) is 21.8 Å². The van der Waals surface area contributed by atoms with Crippen molar-refractivity contribution in [2.24, 2.45) is 0 Å². The lowest BCUT2D eigenvalue weighted by Crippen LogP contribution is -2.40. The molecule has 4 N–H and O–H groups in total. The molecule has 1 aromatic heterocycles. The first-order valence-corrected chi connectivity index (χ1v) is 13.5. The molecule has 2 amide bonds. The van der Waals surface area contributed by atoms with Crippen LogP contribution in [0, 0.1) is 13.8 Å². The summed E-state index contributed by atoms with van der Waals surface area (Å²) in [6, 6.07) is 11.9. The standard InChI is InChI=1S/C23H26Cl2N6O4S/c1-14-8-9-18(15(2)12-14)35-11-5-10-26-23(32)30-29-22-19(24)20(25)27-21(28-22)16-6-4-7-17(13-16)31-36(3,33)34/h4,6-9,12-13,31H,5,10-11H2,1-3H3,(H2,26,30,32)(H,27,28,29). The fraction of sp³-hybridized carbons (Fsp3) is 0.261. The monoisotopic (exact) mass is 552 g/mol. The van der Waals surface area contributed by atoms with E-state index in [1.165, 1.54) is 5.56 Å². The highest BCUT2D eigenvalue weighted by Crippen LogP contribution is 2.30. The van der Waals surface area contributed by atoms with Crippen LogP contribution in [0.3, 0.4) is 0 Å². The number of anilines is 2. The number of hydrogen-bond donors (Lipinski definition) is 4. The first-order valence-electron chi connectivity index (χ1n) is 10.8. The van der Waals surface area contributed by atoms with Crippen LogP contribution in [0.1, 0.15) is 17.5 Å². The third kappa shape index (κ3) is 8.14. The van der Waals surface area contributed by atoms with Crippen LogP contribution in [-0.2, 0) is 10.0 Å². The molecule has 3 aromatic rings. The lowest BCUT2D eigenvalue weighted by Gasteiger charge is -2.13. The van der Waals surface area contributed by atoms with Gasteiger partial charge in [0.05, 0.1) is 12.9 Å². The summed E-state index contributed by atoms with van der Waals surface area (Å²) in [5, 5.41) is 2.66. The Labute approximate surface area is 219 Å². The van der Waals surface area contributed by atoms with E-state index >= 15 is 0 Å². The molecule has 192 valence electrons. The van der Waals surface area contributed by atoms with E-state index in [0.717, 1.165) is 17.6 Å². The second kappa shape index (κ2) is 12.1. The average molecular weight is 553 g/mol. The fourth-order valence-electron chi connectivity index (χ4n) is 3.15. The highest BCUT2D eigenvalue weighted by molar-refractivity contribution is 7.92. The maximum absolute atomic E-state index is 12.2. The minimum absolute atomic E-state index is 0.00741. The number of sulfonamides is 1. The maximum atomic E-state index is 12.2. The molecule has 0 fully saturated rings. The number of urea groups is 1. The van der Waals surface area contributed by atoms with Crippen molar-refractivity contribution in [2.45, 2.75) is 20.3 Å². The lowest BCUT2D eigenvalue weighted by atomic mass is 10.1. The minimum Gasteiger partial charge on any atom is -0.493 e. The highest BCUT2D eigenvalue weighted by atomic mass is 35.5. The van der Waals surface area contributed by atoms with Gasteiger partial charge < -0.3 is 10.1 Å². The molecular formula is C23H26Cl2N6O4S. The number of halogens is 2. The summed E-state index contributed by atoms with van der Waals surface area (Å²) in [5.74, 6) is 1.06. The summed E-state index contributed by atoms with van der Waals surface area (Å²) >= 11 is 12.3. The quantitative estimate of drug-likeness (QED) is 0.165. The molecule has 0 aliphatic rings. The third-order valence-electron chi connectivity index (χ3n) is 4.72. The lowest BCUT2D eigenvalue weighted by molar-refractivity contribution is 0.241. The van der Waals surface area contributed by atoms with E-state index in [9.17, 15) is 13.2 Å². The Morgan fingerprint density at radius 3 is 2.58 bits per heavy atom. The van der Waals surface area contributed by atoms with Gasteiger partial charge >= 0.3 is 6.03 Å². The van der Waals surface area contributed by atoms with Gasteiger partial charge in [0.2, 0.25) is 10.0 Å². The summed E-state index contributed by atoms with van der Waals surface area (Å²) in [6.45, 7) is 4.83. The second-order valence-corrected chi connectivity index (χ2v) is 10.4. The van der Waals surface area contributed by atoms with E-state index in [1.54, 1.807) is 24.3 Å². The molecule has 13 heteroatoms. The van der Waals surface area contributed by atoms with Crippen LogP contribution in [0.2, 0.25) is 10.2 Å². The average Bonchev–Trinajstić information content (AvgIpc) is 2.80. The Morgan fingerprint density at radius 2 is 1.86 bits per heavy atom. The first-order chi connectivity index (χ1) is 17.0. The van der Waals surface area contributed by atoms with Gasteiger partial charge in [-0.25, -0.2) is 23.2 Å². The van der Waals surface area contributed by atoms with Gasteiger partial charge in [-0.3, -0.25) is 15.6 Å². The van der Waals surface area contributed by atoms with Crippen molar-refractivity contribution in [3.8, 4) is 17.1 Å². The summed E-state index contributed by atoms with van der Waals surface area (Å²) < 4.78 is 31.1. The zero-order chi connectivity index (χ0) is 26.3. The molecule has 0 aliphatic heterocycles. The normalized spacial score (nSPS) is 11.0. The van der Waals surface area contributed by atoms with Crippen LogP contribution in [0.4, 0.5) is 16.3 Å². The number of carbonyl (C=O) groups excluding carboxylic acids is 1. The van der Waals surface area contributed by atoms with Crippen molar-refractivity contribution in [3.63, 3.8) is 0 Å². The van der Waals surface area contributed by atoms with Crippen LogP contribution in [0.25, 0.3) is 11.4 Å². The topological polar surface area (TPSA) is 134 Å². The number of hydrazine groups is 1. The van der Waals surface area contributed by atoms with Gasteiger partial charge in [-0.15, -0.1) is 0 Å². The Bertz CT molecular complexity index is 1350. The Hall–Kier alpha value is -3.28. The van der Waals surface area contributed by atoms with Gasteiger partial charge in [0.1, 0.15) is 10.8 Å². The van der Waals surface area contributed by atoms with Crippen molar-refractivity contribution < 1.29 is 17.9 Å². The molecule has 0 bridgehead atoms. The number of amides is 2. The molecule has 0 radical (unpaired) electrons. The van der Waals surface area contributed by atoms with Crippen LogP contribution in [-0.4, -0.2) is 43.8 Å². The Balaban J connectivity index is 1.54. The van der Waals surface area contributed by atoms with Gasteiger partial charge in [0.25, 0.3) is 0 Å². The smallest absolute Gasteiger partial charge is 0.333 e. The molecule has 0 spiro atoms. The fourth-order valence-corrected chi connectivity index (χ4v) is 4.00. The number of nitrogens with one attached hydrogen (secondary N) is 4. The van der Waals surface area contributed by atoms with E-state index in [4.69, 9.17) is 27.9 Å². The molecule has 0 unspecified atom stereocenters. The molecular weight excluding hydrogens is 527 g/mol. The van der Waals surface area contributed by atoms with Crippen molar-refractivity contribution in [1.82, 2.24) is 20.7 Å². The third-order valence-corrected chi connectivity index (χ3v) is 6.06. The van der Waals surface area contributed by atoms with Crippen LogP contribution in [0.5, 0.6) is 5.75 Å². The number of ether oxygens (including phenoxy) is 1. The number of benzene rings is 2. The zero-order valence-electron chi connectivity index (χ0n) is 19.9. The number of carbonyl (C=O) groups is 1. The minimum atomic E-state index is -3.46. The van der Waals surface area contributed by atoms with Crippen LogP contribution in [0.15, 0.2) is 42.5 Å². The van der Waals surface area contributed by atoms with Crippen molar-refractivity contribution in [3.05, 3.63) is 63.8 Å². The van der Waals surface area contributed by atoms with Crippen molar-refractivity contribution in [1.29, 1.82) is 0 Å². The van der Waals surface area contributed by atoms with Gasteiger partial charge in [-0.1, -0.05) is 53.0 Å². The number of nitrogens with zero attached hydrogens (tertiary/aromatic N) is 2. The van der Waals surface area contributed by atoms with E-state index in [1.807, 2.05) is 32.0 Å². The number of rotatable bonds is 10. The Morgan fingerprint density at radius 1 is 1.08 bits per heavy atom. The zero-order valence-corrected chi connectivity index (χ0v) is 22.2. The van der Waals surface area contributed by atoms with Gasteiger partial charge in [-0.2, -0.15) is 0 Å². The summed E-state index contributed by atoms with van der Waals surface area (Å²) in [5.41, 5.74) is 8.11. The SMILES string of the molecule is Cc1ccc(OCCCNC(=O)NNc2nc(-c3cccc(NS(C)(=O)=O)c3)nc(Cl)c2Cl)c(C)c1. The summed E-state index contributed by atoms with van der Waals surface area (Å²) in [6.07, 6.45) is 1.65. The predicted molar refractivity (Wildman–Crippen MR) is 142 cm³/mol. The Kier molecular flexibility index (Phi) is 9.19. The molecule has 0 aliphatic carbocycles. The second-order valence-electron chi connectivity index (χ2n) is 7.93. The van der Waals surface area contributed by atoms with Crippen molar-refractivity contribution in [2.75, 3.05) is 29.6 Å². The number of hydrogen-bond acceptors (Lipinski definition) is 7. The predicted octanol–water partition coefficient (Wildman–Crippen LogP) is 4.53. The molecule has 0 saturated carbocycles. The molecule has 2 aromatic carbocycles. The largest absolute Gasteiger partial charge is 0.493 e. The molecule has 0 saturated heterocycles. The van der Waals surface area contributed by atoms with E-state index in [2.05, 4.69) is 30.9 Å². The van der Waals surface area contributed by atoms with E-state index in [0.29, 0.717) is 30.8 Å². The summed E-state index contributed by atoms with van der Waals surface area (Å²) in [4.78, 5) is 20.6. The molecule has 0 atom stereocenters. The maximum Gasteiger partial charge on any atom is 0.333 e. The number of aryl methyl sites for hydroxylation is 2. The summed E-state index contributed by atoms with van der Waals surface area (Å²) in [7, 11) is -3.46. The van der Waals surface area contributed by atoms with Gasteiger partial charge in [-0.05, 0) is 44.0 Å². The van der Waals surface area contributed by atoms with E-state index < -0.39 is 16.1 Å².